The molecule has 0 bridgehead atoms. The van der Waals surface area contributed by atoms with Crippen molar-refractivity contribution in [2.24, 2.45) is 0 Å². The summed E-state index contributed by atoms with van der Waals surface area (Å²) in [6, 6.07) is 13.0. The smallest absolute Gasteiger partial charge is 0.150 e. The van der Waals surface area contributed by atoms with Crippen LogP contribution in [0.1, 0.15) is 10.4 Å². The van der Waals surface area contributed by atoms with Gasteiger partial charge in [0.25, 0.3) is 0 Å². The van der Waals surface area contributed by atoms with Gasteiger partial charge in [-0.3, -0.25) is 4.79 Å². The number of aldehydes is 1. The largest absolute Gasteiger partial charge is 0.304 e. The van der Waals surface area contributed by atoms with Crippen LogP contribution in [0.4, 0.5) is 0 Å². The van der Waals surface area contributed by atoms with Crippen LogP contribution in [0.2, 0.25) is 5.02 Å². The second kappa shape index (κ2) is 5.84. The maximum absolute atomic E-state index is 11.1. The second-order valence-electron chi connectivity index (χ2n) is 4.47. The van der Waals surface area contributed by atoms with Crippen molar-refractivity contribution in [3.05, 3.63) is 70.0 Å². The molecule has 1 heterocycles. The van der Waals surface area contributed by atoms with E-state index in [0.29, 0.717) is 10.6 Å². The number of benzene rings is 2. The molecular weight excluding hydrogens is 352 g/mol. The highest BCUT2D eigenvalue weighted by atomic mass is 79.9. The molecule has 1 aromatic heterocycles. The lowest BCUT2D eigenvalue weighted by Crippen LogP contribution is -1.91. The minimum Gasteiger partial charge on any atom is -0.304 e. The van der Waals surface area contributed by atoms with Crippen molar-refractivity contribution in [3.63, 3.8) is 0 Å². The third-order valence-corrected chi connectivity index (χ3v) is 3.95. The Morgan fingerprint density at radius 1 is 1.19 bits per heavy atom. The highest BCUT2D eigenvalue weighted by Crippen LogP contribution is 2.27. The zero-order valence-corrected chi connectivity index (χ0v) is 13.2. The predicted octanol–water partition coefficient (Wildman–Crippen LogP) is 4.77. The average Bonchev–Trinajstić information content (AvgIpc) is 2.99. The van der Waals surface area contributed by atoms with Crippen molar-refractivity contribution in [1.82, 2.24) is 9.55 Å². The summed E-state index contributed by atoms with van der Waals surface area (Å²) in [5.41, 5.74) is 2.97. The number of rotatable bonds is 3. The average molecular weight is 362 g/mol. The highest BCUT2D eigenvalue weighted by molar-refractivity contribution is 9.10. The molecule has 0 spiro atoms. The van der Waals surface area contributed by atoms with E-state index in [0.717, 1.165) is 27.7 Å². The molecule has 0 saturated heterocycles. The maximum Gasteiger partial charge on any atom is 0.150 e. The maximum atomic E-state index is 11.1. The minimum atomic E-state index is 0.614. The van der Waals surface area contributed by atoms with Gasteiger partial charge in [0.2, 0.25) is 0 Å². The van der Waals surface area contributed by atoms with Crippen LogP contribution >= 0.6 is 27.5 Å². The molecule has 0 aliphatic heterocycles. The molecule has 0 radical (unpaired) electrons. The first-order valence-corrected chi connectivity index (χ1v) is 7.40. The molecule has 0 aliphatic rings. The Morgan fingerprint density at radius 2 is 2.00 bits per heavy atom. The van der Waals surface area contributed by atoms with Crippen LogP contribution in [-0.2, 0) is 0 Å². The van der Waals surface area contributed by atoms with Crippen LogP contribution in [0, 0.1) is 0 Å². The standard InChI is InChI=1S/C16H10BrClN2O/c17-12-5-6-14(18)16(7-12)20-8-15(19-10-20)13-4-2-1-3-11(13)9-21/h1-10H. The molecule has 0 atom stereocenters. The summed E-state index contributed by atoms with van der Waals surface area (Å²) in [6.45, 7) is 0. The lowest BCUT2D eigenvalue weighted by atomic mass is 10.1. The van der Waals surface area contributed by atoms with Gasteiger partial charge in [-0.15, -0.1) is 0 Å². The molecule has 104 valence electrons. The van der Waals surface area contributed by atoms with E-state index in [1.807, 2.05) is 47.2 Å². The van der Waals surface area contributed by atoms with E-state index in [2.05, 4.69) is 20.9 Å². The highest BCUT2D eigenvalue weighted by Gasteiger charge is 2.09. The quantitative estimate of drug-likeness (QED) is 0.630. The number of carbonyl (C=O) groups is 1. The second-order valence-corrected chi connectivity index (χ2v) is 5.79. The summed E-state index contributed by atoms with van der Waals surface area (Å²) < 4.78 is 2.77. The molecule has 0 amide bonds. The molecule has 0 aliphatic carbocycles. The zero-order valence-electron chi connectivity index (χ0n) is 10.8. The first-order chi connectivity index (χ1) is 10.2. The number of hydrogen-bond acceptors (Lipinski definition) is 2. The van der Waals surface area contributed by atoms with Crippen LogP contribution in [0.5, 0.6) is 0 Å². The van der Waals surface area contributed by atoms with Gasteiger partial charge in [0.15, 0.2) is 6.29 Å². The lowest BCUT2D eigenvalue weighted by molar-refractivity contribution is 0.112. The Kier molecular flexibility index (Phi) is 3.90. The first kappa shape index (κ1) is 14.0. The van der Waals surface area contributed by atoms with E-state index in [1.165, 1.54) is 0 Å². The number of aromatic nitrogens is 2. The number of carbonyl (C=O) groups excluding carboxylic acids is 1. The van der Waals surface area contributed by atoms with E-state index in [-0.39, 0.29) is 0 Å². The molecule has 0 saturated carbocycles. The Morgan fingerprint density at radius 3 is 2.81 bits per heavy atom. The van der Waals surface area contributed by atoms with Gasteiger partial charge in [0, 0.05) is 21.8 Å². The van der Waals surface area contributed by atoms with E-state index < -0.39 is 0 Å². The molecule has 3 nitrogen and oxygen atoms in total. The summed E-state index contributed by atoms with van der Waals surface area (Å²) in [5.74, 6) is 0. The predicted molar refractivity (Wildman–Crippen MR) is 87.1 cm³/mol. The Hall–Kier alpha value is -1.91. The van der Waals surface area contributed by atoms with Crippen LogP contribution < -0.4 is 0 Å². The molecule has 2 aromatic carbocycles. The van der Waals surface area contributed by atoms with Crippen LogP contribution in [-0.4, -0.2) is 15.8 Å². The van der Waals surface area contributed by atoms with Crippen molar-refractivity contribution in [3.8, 4) is 16.9 Å². The van der Waals surface area contributed by atoms with E-state index >= 15 is 0 Å². The SMILES string of the molecule is O=Cc1ccccc1-c1cn(-c2cc(Br)ccc2Cl)cn1. The van der Waals surface area contributed by atoms with Gasteiger partial charge in [-0.2, -0.15) is 0 Å². The van der Waals surface area contributed by atoms with Crippen molar-refractivity contribution < 1.29 is 4.79 Å². The van der Waals surface area contributed by atoms with Crippen molar-refractivity contribution >= 4 is 33.8 Å². The normalized spacial score (nSPS) is 10.6. The third kappa shape index (κ3) is 2.77. The van der Waals surface area contributed by atoms with Crippen molar-refractivity contribution in [1.29, 1.82) is 0 Å². The summed E-state index contributed by atoms with van der Waals surface area (Å²) in [4.78, 5) is 15.5. The van der Waals surface area contributed by atoms with E-state index in [1.54, 1.807) is 12.4 Å². The van der Waals surface area contributed by atoms with Crippen LogP contribution in [0.25, 0.3) is 16.9 Å². The molecule has 5 heteroatoms. The number of nitrogens with zero attached hydrogens (tertiary/aromatic N) is 2. The molecule has 0 N–H and O–H groups in total. The molecule has 3 aromatic rings. The van der Waals surface area contributed by atoms with Gasteiger partial charge in [-0.1, -0.05) is 51.8 Å². The van der Waals surface area contributed by atoms with Crippen molar-refractivity contribution in [2.45, 2.75) is 0 Å². The molecule has 0 fully saturated rings. The van der Waals surface area contributed by atoms with Gasteiger partial charge in [0.1, 0.15) is 0 Å². The minimum absolute atomic E-state index is 0.614. The topological polar surface area (TPSA) is 34.9 Å². The number of hydrogen-bond donors (Lipinski definition) is 0. The lowest BCUT2D eigenvalue weighted by Gasteiger charge is -2.05. The Labute approximate surface area is 135 Å². The van der Waals surface area contributed by atoms with Gasteiger partial charge < -0.3 is 4.57 Å². The van der Waals surface area contributed by atoms with Crippen molar-refractivity contribution in [2.75, 3.05) is 0 Å². The fourth-order valence-electron chi connectivity index (χ4n) is 2.11. The van der Waals surface area contributed by atoms with Gasteiger partial charge in [0.05, 0.1) is 22.7 Å². The van der Waals surface area contributed by atoms with Crippen LogP contribution in [0.15, 0.2) is 59.5 Å². The molecule has 3 rings (SSSR count). The fraction of sp³-hybridized carbons (Fsp3) is 0. The Bertz CT molecular complexity index is 814. The third-order valence-electron chi connectivity index (χ3n) is 3.13. The number of halogens is 2. The van der Waals surface area contributed by atoms with Gasteiger partial charge >= 0.3 is 0 Å². The summed E-state index contributed by atoms with van der Waals surface area (Å²) in [5, 5.41) is 0.630. The first-order valence-electron chi connectivity index (χ1n) is 6.23. The molecule has 21 heavy (non-hydrogen) atoms. The molecular formula is C16H10BrClN2O. The van der Waals surface area contributed by atoms with E-state index in [4.69, 9.17) is 11.6 Å². The summed E-state index contributed by atoms with van der Waals surface area (Å²) >= 11 is 9.65. The van der Waals surface area contributed by atoms with Gasteiger partial charge in [-0.25, -0.2) is 4.98 Å². The number of imidazole rings is 1. The molecule has 0 unspecified atom stereocenters. The monoisotopic (exact) mass is 360 g/mol. The van der Waals surface area contributed by atoms with E-state index in [9.17, 15) is 4.79 Å². The summed E-state index contributed by atoms with van der Waals surface area (Å²) in [7, 11) is 0. The zero-order chi connectivity index (χ0) is 14.8. The Balaban J connectivity index is 2.08. The fourth-order valence-corrected chi connectivity index (χ4v) is 2.67. The van der Waals surface area contributed by atoms with Crippen LogP contribution in [0.3, 0.4) is 0 Å². The summed E-state index contributed by atoms with van der Waals surface area (Å²) in [6.07, 6.45) is 4.38. The van der Waals surface area contributed by atoms with Gasteiger partial charge in [-0.05, 0) is 18.2 Å².